The van der Waals surface area contributed by atoms with Gasteiger partial charge in [0.05, 0.1) is 12.8 Å². The molecule has 0 saturated heterocycles. The van der Waals surface area contributed by atoms with Crippen molar-refractivity contribution >= 4 is 23.2 Å². The van der Waals surface area contributed by atoms with E-state index < -0.39 is 0 Å². The topological polar surface area (TPSA) is 67.4 Å². The molecule has 0 aliphatic heterocycles. The molecule has 2 rings (SSSR count). The van der Waals surface area contributed by atoms with Gasteiger partial charge in [-0.05, 0) is 30.5 Å². The molecule has 2 amide bonds. The SMILES string of the molecule is COc1ccc(NC(C)=O)cc1NC(=O)CCC1CCCC1. The van der Waals surface area contributed by atoms with Crippen LogP contribution < -0.4 is 15.4 Å². The second kappa shape index (κ2) is 7.82. The summed E-state index contributed by atoms with van der Waals surface area (Å²) in [4.78, 5) is 23.2. The third-order valence-electron chi connectivity index (χ3n) is 4.05. The molecule has 0 atom stereocenters. The highest BCUT2D eigenvalue weighted by molar-refractivity contribution is 5.94. The lowest BCUT2D eigenvalue weighted by Crippen LogP contribution is -2.14. The van der Waals surface area contributed by atoms with Crippen molar-refractivity contribution in [1.82, 2.24) is 0 Å². The molecular formula is C17H24N2O3. The van der Waals surface area contributed by atoms with E-state index in [1.54, 1.807) is 25.3 Å². The Labute approximate surface area is 131 Å². The second-order valence-corrected chi connectivity index (χ2v) is 5.83. The maximum absolute atomic E-state index is 12.1. The third kappa shape index (κ3) is 4.76. The zero-order valence-electron chi connectivity index (χ0n) is 13.3. The molecule has 0 heterocycles. The van der Waals surface area contributed by atoms with Crippen LogP contribution >= 0.6 is 0 Å². The molecule has 0 spiro atoms. The lowest BCUT2D eigenvalue weighted by molar-refractivity contribution is -0.116. The van der Waals surface area contributed by atoms with Crippen molar-refractivity contribution in [3.05, 3.63) is 18.2 Å². The lowest BCUT2D eigenvalue weighted by Gasteiger charge is -2.13. The second-order valence-electron chi connectivity index (χ2n) is 5.83. The summed E-state index contributed by atoms with van der Waals surface area (Å²) in [6.07, 6.45) is 6.54. The fourth-order valence-electron chi connectivity index (χ4n) is 2.93. The molecule has 0 unspecified atom stereocenters. The van der Waals surface area contributed by atoms with Gasteiger partial charge in [0.1, 0.15) is 5.75 Å². The number of amides is 2. The van der Waals surface area contributed by atoms with Crippen LogP contribution in [0.5, 0.6) is 5.75 Å². The first-order chi connectivity index (χ1) is 10.6. The Morgan fingerprint density at radius 3 is 2.59 bits per heavy atom. The largest absolute Gasteiger partial charge is 0.495 e. The summed E-state index contributed by atoms with van der Waals surface area (Å²) in [5.41, 5.74) is 1.23. The van der Waals surface area contributed by atoms with Gasteiger partial charge in [-0.3, -0.25) is 9.59 Å². The predicted molar refractivity (Wildman–Crippen MR) is 87.1 cm³/mol. The summed E-state index contributed by atoms with van der Waals surface area (Å²) in [7, 11) is 1.56. The highest BCUT2D eigenvalue weighted by atomic mass is 16.5. The van der Waals surface area contributed by atoms with Crippen LogP contribution in [0.25, 0.3) is 0 Å². The van der Waals surface area contributed by atoms with Gasteiger partial charge in [-0.1, -0.05) is 25.7 Å². The van der Waals surface area contributed by atoms with Gasteiger partial charge in [-0.2, -0.15) is 0 Å². The Balaban J connectivity index is 1.96. The van der Waals surface area contributed by atoms with E-state index in [4.69, 9.17) is 4.74 Å². The molecule has 0 bridgehead atoms. The number of hydrogen-bond acceptors (Lipinski definition) is 3. The van der Waals surface area contributed by atoms with Gasteiger partial charge in [-0.25, -0.2) is 0 Å². The fourth-order valence-corrected chi connectivity index (χ4v) is 2.93. The molecule has 1 fully saturated rings. The fraction of sp³-hybridized carbons (Fsp3) is 0.529. The molecule has 22 heavy (non-hydrogen) atoms. The van der Waals surface area contributed by atoms with Crippen LogP contribution in [0.15, 0.2) is 18.2 Å². The number of ether oxygens (including phenoxy) is 1. The Kier molecular flexibility index (Phi) is 5.81. The van der Waals surface area contributed by atoms with E-state index in [-0.39, 0.29) is 11.8 Å². The normalized spacial score (nSPS) is 14.6. The average Bonchev–Trinajstić information content (AvgIpc) is 2.98. The molecule has 1 aliphatic rings. The predicted octanol–water partition coefficient (Wildman–Crippen LogP) is 3.56. The summed E-state index contributed by atoms with van der Waals surface area (Å²) in [6.45, 7) is 1.45. The smallest absolute Gasteiger partial charge is 0.224 e. The van der Waals surface area contributed by atoms with Crippen molar-refractivity contribution in [3.8, 4) is 5.75 Å². The maximum Gasteiger partial charge on any atom is 0.224 e. The molecule has 5 nitrogen and oxygen atoms in total. The molecular weight excluding hydrogens is 280 g/mol. The Morgan fingerprint density at radius 1 is 1.23 bits per heavy atom. The van der Waals surface area contributed by atoms with E-state index in [0.717, 1.165) is 6.42 Å². The van der Waals surface area contributed by atoms with Crippen LogP contribution in [-0.4, -0.2) is 18.9 Å². The van der Waals surface area contributed by atoms with Crippen molar-refractivity contribution in [2.24, 2.45) is 5.92 Å². The number of nitrogens with one attached hydrogen (secondary N) is 2. The molecule has 1 aliphatic carbocycles. The zero-order valence-corrected chi connectivity index (χ0v) is 13.3. The lowest BCUT2D eigenvalue weighted by atomic mass is 10.0. The maximum atomic E-state index is 12.1. The number of rotatable bonds is 6. The van der Waals surface area contributed by atoms with Crippen LogP contribution in [-0.2, 0) is 9.59 Å². The van der Waals surface area contributed by atoms with Gasteiger partial charge < -0.3 is 15.4 Å². The number of carbonyl (C=O) groups is 2. The number of benzene rings is 1. The van der Waals surface area contributed by atoms with Crippen molar-refractivity contribution < 1.29 is 14.3 Å². The minimum Gasteiger partial charge on any atom is -0.495 e. The highest BCUT2D eigenvalue weighted by Crippen LogP contribution is 2.30. The van der Waals surface area contributed by atoms with Gasteiger partial charge >= 0.3 is 0 Å². The van der Waals surface area contributed by atoms with Crippen LogP contribution in [0.1, 0.15) is 45.4 Å². The van der Waals surface area contributed by atoms with E-state index >= 15 is 0 Å². The first-order valence-corrected chi connectivity index (χ1v) is 7.84. The molecule has 0 radical (unpaired) electrons. The Hall–Kier alpha value is -2.04. The van der Waals surface area contributed by atoms with Crippen LogP contribution in [0.3, 0.4) is 0 Å². The van der Waals surface area contributed by atoms with E-state index in [1.807, 2.05) is 0 Å². The summed E-state index contributed by atoms with van der Waals surface area (Å²) < 4.78 is 5.26. The van der Waals surface area contributed by atoms with Gasteiger partial charge in [0.2, 0.25) is 11.8 Å². The third-order valence-corrected chi connectivity index (χ3v) is 4.05. The quantitative estimate of drug-likeness (QED) is 0.844. The Morgan fingerprint density at radius 2 is 1.95 bits per heavy atom. The minimum atomic E-state index is -0.149. The van der Waals surface area contributed by atoms with E-state index in [2.05, 4.69) is 10.6 Å². The summed E-state index contributed by atoms with van der Waals surface area (Å²) in [6, 6.07) is 5.19. The molecule has 1 aromatic rings. The van der Waals surface area contributed by atoms with Gasteiger partial charge in [0.15, 0.2) is 0 Å². The van der Waals surface area contributed by atoms with Gasteiger partial charge in [-0.15, -0.1) is 0 Å². The van der Waals surface area contributed by atoms with Crippen molar-refractivity contribution in [2.75, 3.05) is 17.7 Å². The van der Waals surface area contributed by atoms with Crippen molar-refractivity contribution in [2.45, 2.75) is 45.4 Å². The molecule has 120 valence electrons. The highest BCUT2D eigenvalue weighted by Gasteiger charge is 2.17. The summed E-state index contributed by atoms with van der Waals surface area (Å²) in [5, 5.41) is 5.58. The molecule has 5 heteroatoms. The monoisotopic (exact) mass is 304 g/mol. The van der Waals surface area contributed by atoms with Crippen LogP contribution in [0.2, 0.25) is 0 Å². The van der Waals surface area contributed by atoms with Crippen LogP contribution in [0.4, 0.5) is 11.4 Å². The first-order valence-electron chi connectivity index (χ1n) is 7.84. The van der Waals surface area contributed by atoms with E-state index in [1.165, 1.54) is 32.6 Å². The van der Waals surface area contributed by atoms with Crippen LogP contribution in [0, 0.1) is 5.92 Å². The standard InChI is InChI=1S/C17H24N2O3/c1-12(20)18-14-8-9-16(22-2)15(11-14)19-17(21)10-7-13-5-3-4-6-13/h8-9,11,13H,3-7,10H2,1-2H3,(H,18,20)(H,19,21). The van der Waals surface area contributed by atoms with Gasteiger partial charge in [0.25, 0.3) is 0 Å². The average molecular weight is 304 g/mol. The summed E-state index contributed by atoms with van der Waals surface area (Å²) >= 11 is 0. The van der Waals surface area contributed by atoms with Gasteiger partial charge in [0, 0.05) is 19.0 Å². The number of methoxy groups -OCH3 is 1. The van der Waals surface area contributed by atoms with E-state index in [9.17, 15) is 9.59 Å². The molecule has 0 aromatic heterocycles. The number of carbonyl (C=O) groups excluding carboxylic acids is 2. The zero-order chi connectivity index (χ0) is 15.9. The molecule has 1 aromatic carbocycles. The molecule has 2 N–H and O–H groups in total. The van der Waals surface area contributed by atoms with Crippen molar-refractivity contribution in [1.29, 1.82) is 0 Å². The number of hydrogen-bond donors (Lipinski definition) is 2. The summed E-state index contributed by atoms with van der Waals surface area (Å²) in [5.74, 6) is 1.12. The Bertz CT molecular complexity index is 537. The number of anilines is 2. The molecule has 1 saturated carbocycles. The van der Waals surface area contributed by atoms with E-state index in [0.29, 0.717) is 29.5 Å². The first kappa shape index (κ1) is 16.3. The minimum absolute atomic E-state index is 0.00910. The van der Waals surface area contributed by atoms with Crippen molar-refractivity contribution in [3.63, 3.8) is 0 Å².